The van der Waals surface area contributed by atoms with Crippen molar-refractivity contribution in [3.63, 3.8) is 0 Å². The predicted octanol–water partition coefficient (Wildman–Crippen LogP) is 4.08. The summed E-state index contributed by atoms with van der Waals surface area (Å²) in [4.78, 5) is 16.7. The zero-order valence-electron chi connectivity index (χ0n) is 20.8. The van der Waals surface area contributed by atoms with E-state index in [0.29, 0.717) is 19.0 Å². The largest absolute Gasteiger partial charge is 0.444 e. The Bertz CT molecular complexity index is 509. The Morgan fingerprint density at radius 2 is 1.88 bits per heavy atom. The maximum Gasteiger partial charge on any atom is 0.407 e. The number of rotatable bonds is 13. The highest BCUT2D eigenvalue weighted by atomic mass is 127. The lowest BCUT2D eigenvalue weighted by Crippen LogP contribution is -2.49. The first-order valence-electron chi connectivity index (χ1n) is 12.0. The molecule has 1 rings (SSSR count). The van der Waals surface area contributed by atoms with Gasteiger partial charge in [-0.2, -0.15) is 0 Å². The van der Waals surface area contributed by atoms with Crippen LogP contribution in [0.2, 0.25) is 0 Å². The molecule has 1 atom stereocenters. The topological polar surface area (TPSA) is 93.2 Å². The van der Waals surface area contributed by atoms with Crippen LogP contribution in [0.5, 0.6) is 0 Å². The predicted molar refractivity (Wildman–Crippen MR) is 141 cm³/mol. The minimum absolute atomic E-state index is 0. The first kappa shape index (κ1) is 31.2. The fourth-order valence-electron chi connectivity index (χ4n) is 3.23. The number of nitrogens with zero attached hydrogens (tertiary/aromatic N) is 1. The van der Waals surface area contributed by atoms with Gasteiger partial charge in [-0.3, -0.25) is 4.99 Å². The summed E-state index contributed by atoms with van der Waals surface area (Å²) >= 11 is 0. The third kappa shape index (κ3) is 16.8. The molecule has 0 spiro atoms. The molecule has 0 radical (unpaired) electrons. The van der Waals surface area contributed by atoms with Gasteiger partial charge in [0, 0.05) is 52.1 Å². The lowest BCUT2D eigenvalue weighted by Gasteiger charge is -2.24. The Labute approximate surface area is 212 Å². The fourth-order valence-corrected chi connectivity index (χ4v) is 3.23. The molecule has 1 amide bonds. The van der Waals surface area contributed by atoms with Gasteiger partial charge in [-0.1, -0.05) is 19.8 Å². The molecular weight excluding hydrogens is 523 g/mol. The Morgan fingerprint density at radius 3 is 2.50 bits per heavy atom. The molecule has 0 bridgehead atoms. The summed E-state index contributed by atoms with van der Waals surface area (Å²) in [6, 6.07) is 0.0926. The van der Waals surface area contributed by atoms with Crippen molar-refractivity contribution in [2.45, 2.75) is 84.8 Å². The summed E-state index contributed by atoms with van der Waals surface area (Å²) in [6.07, 6.45) is 5.82. The molecule has 8 nitrogen and oxygen atoms in total. The standard InChI is InChI=1S/C23H46N4O4.HI/c1-6-8-10-20(17-26-22(28)31-23(3,4)5)27-21(24-7-2)25-13-9-14-30-18-19-11-15-29-16-12-19;/h19-20H,6-18H2,1-5H3,(H,26,28)(H2,24,25,27);1H. The van der Waals surface area contributed by atoms with E-state index in [2.05, 4.69) is 27.9 Å². The number of hydrogen-bond acceptors (Lipinski definition) is 5. The molecule has 32 heavy (non-hydrogen) atoms. The van der Waals surface area contributed by atoms with Crippen LogP contribution in [0.15, 0.2) is 4.99 Å². The maximum atomic E-state index is 12.0. The zero-order valence-corrected chi connectivity index (χ0v) is 23.2. The van der Waals surface area contributed by atoms with Crippen molar-refractivity contribution in [1.82, 2.24) is 16.0 Å². The van der Waals surface area contributed by atoms with Gasteiger partial charge in [0.2, 0.25) is 0 Å². The summed E-state index contributed by atoms with van der Waals surface area (Å²) in [5.41, 5.74) is -0.500. The van der Waals surface area contributed by atoms with Gasteiger partial charge < -0.3 is 30.2 Å². The second-order valence-electron chi connectivity index (χ2n) is 9.11. The minimum Gasteiger partial charge on any atom is -0.444 e. The van der Waals surface area contributed by atoms with E-state index in [1.165, 1.54) is 0 Å². The molecule has 3 N–H and O–H groups in total. The second-order valence-corrected chi connectivity index (χ2v) is 9.11. The first-order valence-corrected chi connectivity index (χ1v) is 12.0. The van der Waals surface area contributed by atoms with Crippen molar-refractivity contribution < 1.29 is 19.0 Å². The fraction of sp³-hybridized carbons (Fsp3) is 0.913. The van der Waals surface area contributed by atoms with Crippen molar-refractivity contribution in [3.05, 3.63) is 0 Å². The van der Waals surface area contributed by atoms with E-state index in [1.54, 1.807) is 0 Å². The second kappa shape index (κ2) is 18.6. The Morgan fingerprint density at radius 1 is 1.16 bits per heavy atom. The third-order valence-corrected chi connectivity index (χ3v) is 4.89. The molecule has 1 aliphatic heterocycles. The number of halogens is 1. The van der Waals surface area contributed by atoms with E-state index in [-0.39, 0.29) is 36.1 Å². The highest BCUT2D eigenvalue weighted by molar-refractivity contribution is 14.0. The molecule has 0 saturated carbocycles. The molecule has 1 heterocycles. The molecule has 1 unspecified atom stereocenters. The van der Waals surface area contributed by atoms with Crippen LogP contribution in [-0.4, -0.2) is 69.8 Å². The van der Waals surface area contributed by atoms with Crippen LogP contribution in [0.3, 0.4) is 0 Å². The Hall–Kier alpha value is -0.810. The molecule has 1 saturated heterocycles. The quantitative estimate of drug-likeness (QED) is 0.134. The first-order chi connectivity index (χ1) is 14.8. The Kier molecular flexibility index (Phi) is 18.1. The van der Waals surface area contributed by atoms with Gasteiger partial charge in [-0.15, -0.1) is 24.0 Å². The summed E-state index contributed by atoms with van der Waals surface area (Å²) in [7, 11) is 0. The normalized spacial score (nSPS) is 16.1. The van der Waals surface area contributed by atoms with E-state index >= 15 is 0 Å². The number of hydrogen-bond donors (Lipinski definition) is 3. The number of ether oxygens (including phenoxy) is 3. The van der Waals surface area contributed by atoms with Gasteiger partial charge in [0.1, 0.15) is 5.60 Å². The lowest BCUT2D eigenvalue weighted by atomic mass is 10.0. The average molecular weight is 571 g/mol. The number of carbonyl (C=O) groups excluding carboxylic acids is 1. The number of alkyl carbamates (subject to hydrolysis) is 1. The average Bonchev–Trinajstić information content (AvgIpc) is 2.72. The highest BCUT2D eigenvalue weighted by Crippen LogP contribution is 2.14. The summed E-state index contributed by atoms with van der Waals surface area (Å²) in [5, 5.41) is 9.64. The van der Waals surface area contributed by atoms with Crippen molar-refractivity contribution in [2.75, 3.05) is 46.1 Å². The van der Waals surface area contributed by atoms with E-state index < -0.39 is 5.60 Å². The highest BCUT2D eigenvalue weighted by Gasteiger charge is 2.18. The van der Waals surface area contributed by atoms with Crippen molar-refractivity contribution in [2.24, 2.45) is 10.9 Å². The molecule has 0 aliphatic carbocycles. The zero-order chi connectivity index (χ0) is 23.0. The van der Waals surface area contributed by atoms with Gasteiger partial charge in [0.25, 0.3) is 0 Å². The molecule has 9 heteroatoms. The summed E-state index contributed by atoms with van der Waals surface area (Å²) in [6.45, 7) is 15.0. The van der Waals surface area contributed by atoms with Gasteiger partial charge in [-0.25, -0.2) is 4.79 Å². The van der Waals surface area contributed by atoms with E-state index in [0.717, 1.165) is 77.5 Å². The SMILES string of the molecule is CCCCC(CNC(=O)OC(C)(C)C)NC(=NCCCOCC1CCOCC1)NCC.I. The van der Waals surface area contributed by atoms with Crippen molar-refractivity contribution >= 4 is 36.0 Å². The number of nitrogens with one attached hydrogen (secondary N) is 3. The molecule has 190 valence electrons. The number of aliphatic imine (C=N–C) groups is 1. The molecule has 1 fully saturated rings. The van der Waals surface area contributed by atoms with Crippen LogP contribution < -0.4 is 16.0 Å². The number of unbranched alkanes of at least 4 members (excludes halogenated alkanes) is 1. The number of carbonyl (C=O) groups is 1. The molecule has 1 aliphatic rings. The van der Waals surface area contributed by atoms with Crippen LogP contribution in [0.25, 0.3) is 0 Å². The number of guanidine groups is 1. The van der Waals surface area contributed by atoms with Crippen molar-refractivity contribution in [1.29, 1.82) is 0 Å². The van der Waals surface area contributed by atoms with Gasteiger partial charge in [-0.05, 0) is 59.3 Å². The molecule has 0 aromatic carbocycles. The van der Waals surface area contributed by atoms with Crippen LogP contribution in [0.1, 0.15) is 73.1 Å². The smallest absolute Gasteiger partial charge is 0.407 e. The van der Waals surface area contributed by atoms with Gasteiger partial charge in [0.05, 0.1) is 0 Å². The summed E-state index contributed by atoms with van der Waals surface area (Å²) in [5.74, 6) is 1.41. The van der Waals surface area contributed by atoms with Crippen LogP contribution in [0, 0.1) is 5.92 Å². The van der Waals surface area contributed by atoms with Crippen molar-refractivity contribution in [3.8, 4) is 0 Å². The Balaban J connectivity index is 0.00000961. The van der Waals surface area contributed by atoms with Crippen LogP contribution in [-0.2, 0) is 14.2 Å². The molecular formula is C23H47IN4O4. The maximum absolute atomic E-state index is 12.0. The van der Waals surface area contributed by atoms with Crippen LogP contribution in [0.4, 0.5) is 4.79 Å². The number of amides is 1. The summed E-state index contributed by atoms with van der Waals surface area (Å²) < 4.78 is 16.6. The van der Waals surface area contributed by atoms with Crippen LogP contribution >= 0.6 is 24.0 Å². The van der Waals surface area contributed by atoms with E-state index in [4.69, 9.17) is 14.2 Å². The van der Waals surface area contributed by atoms with Gasteiger partial charge in [0.15, 0.2) is 5.96 Å². The monoisotopic (exact) mass is 570 g/mol. The minimum atomic E-state index is -0.500. The third-order valence-electron chi connectivity index (χ3n) is 4.89. The van der Waals surface area contributed by atoms with E-state index in [9.17, 15) is 4.79 Å². The molecule has 0 aromatic heterocycles. The lowest BCUT2D eigenvalue weighted by molar-refractivity contribution is 0.0205. The van der Waals surface area contributed by atoms with Gasteiger partial charge >= 0.3 is 6.09 Å². The molecule has 0 aromatic rings. The van der Waals surface area contributed by atoms with E-state index in [1.807, 2.05) is 27.7 Å².